The molecule has 0 N–H and O–H groups in total. The summed E-state index contributed by atoms with van der Waals surface area (Å²) in [6.07, 6.45) is 2.91. The first-order valence-electron chi connectivity index (χ1n) is 9.73. The van der Waals surface area contributed by atoms with Crippen LogP contribution in [0.4, 0.5) is 4.39 Å². The van der Waals surface area contributed by atoms with Crippen LogP contribution in [0, 0.1) is 18.2 Å². The van der Waals surface area contributed by atoms with Crippen molar-refractivity contribution in [3.8, 4) is 0 Å². The SMILES string of the molecule is Cc1cccc(CN2CC[C@]3(CCCN(Cc4ccc(F)cc4)C3)C2=O)n1. The van der Waals surface area contributed by atoms with Crippen LogP contribution in [0.3, 0.4) is 0 Å². The van der Waals surface area contributed by atoms with Crippen molar-refractivity contribution in [1.82, 2.24) is 14.8 Å². The van der Waals surface area contributed by atoms with Crippen LogP contribution in [0.15, 0.2) is 42.5 Å². The number of hydrogen-bond donors (Lipinski definition) is 0. The Morgan fingerprint density at radius 3 is 2.67 bits per heavy atom. The zero-order valence-corrected chi connectivity index (χ0v) is 15.8. The summed E-state index contributed by atoms with van der Waals surface area (Å²) in [5, 5.41) is 0. The van der Waals surface area contributed by atoms with Gasteiger partial charge in [0.05, 0.1) is 17.7 Å². The van der Waals surface area contributed by atoms with Gasteiger partial charge in [-0.05, 0) is 62.6 Å². The van der Waals surface area contributed by atoms with Crippen LogP contribution in [0.25, 0.3) is 0 Å². The molecule has 3 heterocycles. The Morgan fingerprint density at radius 2 is 1.89 bits per heavy atom. The number of piperidine rings is 1. The largest absolute Gasteiger partial charge is 0.336 e. The summed E-state index contributed by atoms with van der Waals surface area (Å²) < 4.78 is 13.1. The van der Waals surface area contributed by atoms with Crippen LogP contribution in [-0.4, -0.2) is 40.3 Å². The Morgan fingerprint density at radius 1 is 1.07 bits per heavy atom. The Balaban J connectivity index is 1.43. The van der Waals surface area contributed by atoms with E-state index in [-0.39, 0.29) is 17.1 Å². The number of rotatable bonds is 4. The molecule has 2 aliphatic heterocycles. The van der Waals surface area contributed by atoms with Gasteiger partial charge in [0.25, 0.3) is 0 Å². The third-order valence-electron chi connectivity index (χ3n) is 5.88. The lowest BCUT2D eigenvalue weighted by Gasteiger charge is -2.39. The fourth-order valence-electron chi connectivity index (χ4n) is 4.52. The second-order valence-electron chi connectivity index (χ2n) is 7.97. The Bertz CT molecular complexity index is 823. The van der Waals surface area contributed by atoms with Gasteiger partial charge in [0.1, 0.15) is 5.82 Å². The van der Waals surface area contributed by atoms with Gasteiger partial charge in [-0.1, -0.05) is 18.2 Å². The van der Waals surface area contributed by atoms with Crippen molar-refractivity contribution in [1.29, 1.82) is 0 Å². The van der Waals surface area contributed by atoms with Gasteiger partial charge >= 0.3 is 0 Å². The van der Waals surface area contributed by atoms with Crippen molar-refractivity contribution in [2.75, 3.05) is 19.6 Å². The van der Waals surface area contributed by atoms with Crippen molar-refractivity contribution >= 4 is 5.91 Å². The molecule has 0 unspecified atom stereocenters. The minimum atomic E-state index is -0.262. The molecule has 4 rings (SSSR count). The molecule has 142 valence electrons. The lowest BCUT2D eigenvalue weighted by atomic mass is 9.78. The minimum Gasteiger partial charge on any atom is -0.336 e. The predicted octanol–water partition coefficient (Wildman–Crippen LogP) is 3.54. The van der Waals surface area contributed by atoms with E-state index in [9.17, 15) is 9.18 Å². The lowest BCUT2D eigenvalue weighted by Crippen LogP contribution is -2.47. The molecule has 0 bridgehead atoms. The van der Waals surface area contributed by atoms with E-state index in [4.69, 9.17) is 0 Å². The number of aromatic nitrogens is 1. The first-order valence-corrected chi connectivity index (χ1v) is 9.73. The molecule has 2 aromatic rings. The van der Waals surface area contributed by atoms with Gasteiger partial charge in [0.15, 0.2) is 0 Å². The monoisotopic (exact) mass is 367 g/mol. The molecular formula is C22H26FN3O. The Kier molecular flexibility index (Phi) is 4.96. The Hall–Kier alpha value is -2.27. The van der Waals surface area contributed by atoms with Crippen LogP contribution in [-0.2, 0) is 17.9 Å². The molecule has 2 aliphatic rings. The average Bonchev–Trinajstić information content (AvgIpc) is 2.93. The number of aryl methyl sites for hydroxylation is 1. The molecule has 1 spiro atoms. The van der Waals surface area contributed by atoms with Crippen molar-refractivity contribution in [3.05, 3.63) is 65.2 Å². The number of carbonyl (C=O) groups excluding carboxylic acids is 1. The molecule has 1 aromatic carbocycles. The number of likely N-dealkylation sites (tertiary alicyclic amines) is 2. The van der Waals surface area contributed by atoms with Crippen molar-refractivity contribution in [2.24, 2.45) is 5.41 Å². The van der Waals surface area contributed by atoms with Gasteiger partial charge in [-0.3, -0.25) is 14.7 Å². The highest BCUT2D eigenvalue weighted by atomic mass is 19.1. The van der Waals surface area contributed by atoms with E-state index < -0.39 is 0 Å². The van der Waals surface area contributed by atoms with E-state index in [1.807, 2.05) is 42.2 Å². The normalized spacial score (nSPS) is 23.3. The number of hydrogen-bond acceptors (Lipinski definition) is 3. The number of carbonyl (C=O) groups is 1. The van der Waals surface area contributed by atoms with Gasteiger partial charge in [0.2, 0.25) is 5.91 Å². The number of amides is 1. The van der Waals surface area contributed by atoms with Gasteiger partial charge in [0, 0.05) is 25.3 Å². The molecular weight excluding hydrogens is 341 g/mol. The summed E-state index contributed by atoms with van der Waals surface area (Å²) in [5.41, 5.74) is 2.78. The molecule has 5 heteroatoms. The first-order chi connectivity index (χ1) is 13.0. The number of halogens is 1. The Labute approximate surface area is 160 Å². The van der Waals surface area contributed by atoms with Crippen LogP contribution >= 0.6 is 0 Å². The summed E-state index contributed by atoms with van der Waals surface area (Å²) >= 11 is 0. The number of pyridine rings is 1. The standard InChI is InChI=1S/C22H26FN3O/c1-17-4-2-5-20(24-17)15-26-13-11-22(21(26)27)10-3-12-25(16-22)14-18-6-8-19(23)9-7-18/h2,4-9H,3,10-16H2,1H3/t22-/m0/s1. The summed E-state index contributed by atoms with van der Waals surface area (Å²) in [6.45, 7) is 5.94. The fraction of sp³-hybridized carbons (Fsp3) is 0.455. The van der Waals surface area contributed by atoms with Crippen molar-refractivity contribution < 1.29 is 9.18 Å². The molecule has 4 nitrogen and oxygen atoms in total. The smallest absolute Gasteiger partial charge is 0.230 e. The summed E-state index contributed by atoms with van der Waals surface area (Å²) in [7, 11) is 0. The third kappa shape index (κ3) is 3.88. The summed E-state index contributed by atoms with van der Waals surface area (Å²) in [5.74, 6) is 0.0647. The zero-order valence-electron chi connectivity index (χ0n) is 15.8. The molecule has 0 radical (unpaired) electrons. The fourth-order valence-corrected chi connectivity index (χ4v) is 4.52. The number of nitrogens with zero attached hydrogens (tertiary/aromatic N) is 3. The predicted molar refractivity (Wildman–Crippen MR) is 102 cm³/mol. The number of benzene rings is 1. The lowest BCUT2D eigenvalue weighted by molar-refractivity contribution is -0.139. The van der Waals surface area contributed by atoms with Crippen LogP contribution in [0.1, 0.15) is 36.2 Å². The maximum Gasteiger partial charge on any atom is 0.230 e. The summed E-state index contributed by atoms with van der Waals surface area (Å²) in [4.78, 5) is 22.1. The molecule has 0 aliphatic carbocycles. The third-order valence-corrected chi connectivity index (χ3v) is 5.88. The van der Waals surface area contributed by atoms with Crippen molar-refractivity contribution in [3.63, 3.8) is 0 Å². The average molecular weight is 367 g/mol. The molecule has 1 aromatic heterocycles. The van der Waals surface area contributed by atoms with E-state index in [0.717, 1.165) is 62.4 Å². The van der Waals surface area contributed by atoms with E-state index >= 15 is 0 Å². The van der Waals surface area contributed by atoms with Gasteiger partial charge in [-0.15, -0.1) is 0 Å². The van der Waals surface area contributed by atoms with E-state index in [1.54, 1.807) is 0 Å². The minimum absolute atomic E-state index is 0.208. The molecule has 2 saturated heterocycles. The molecule has 1 amide bonds. The molecule has 27 heavy (non-hydrogen) atoms. The van der Waals surface area contributed by atoms with E-state index in [2.05, 4.69) is 9.88 Å². The second-order valence-corrected chi connectivity index (χ2v) is 7.97. The highest BCUT2D eigenvalue weighted by molar-refractivity contribution is 5.85. The molecule has 0 saturated carbocycles. The van der Waals surface area contributed by atoms with Gasteiger partial charge in [-0.2, -0.15) is 0 Å². The van der Waals surface area contributed by atoms with Gasteiger partial charge in [-0.25, -0.2) is 4.39 Å². The first kappa shape index (κ1) is 18.1. The van der Waals surface area contributed by atoms with Crippen LogP contribution in [0.5, 0.6) is 0 Å². The molecule has 2 fully saturated rings. The topological polar surface area (TPSA) is 36.4 Å². The second kappa shape index (κ2) is 7.39. The quantitative estimate of drug-likeness (QED) is 0.829. The van der Waals surface area contributed by atoms with Crippen LogP contribution in [0.2, 0.25) is 0 Å². The van der Waals surface area contributed by atoms with Gasteiger partial charge < -0.3 is 4.90 Å². The van der Waals surface area contributed by atoms with Crippen molar-refractivity contribution in [2.45, 2.75) is 39.3 Å². The van der Waals surface area contributed by atoms with Crippen LogP contribution < -0.4 is 0 Å². The summed E-state index contributed by atoms with van der Waals surface area (Å²) in [6, 6.07) is 12.7. The zero-order chi connectivity index (χ0) is 18.9. The van der Waals surface area contributed by atoms with E-state index in [0.29, 0.717) is 6.54 Å². The molecule has 1 atom stereocenters. The maximum absolute atomic E-state index is 13.2. The van der Waals surface area contributed by atoms with E-state index in [1.165, 1.54) is 12.1 Å². The highest BCUT2D eigenvalue weighted by Gasteiger charge is 2.48. The highest BCUT2D eigenvalue weighted by Crippen LogP contribution is 2.41. The maximum atomic E-state index is 13.2.